The Labute approximate surface area is 162 Å². The van der Waals surface area contributed by atoms with Crippen LogP contribution in [0.2, 0.25) is 0 Å². The van der Waals surface area contributed by atoms with E-state index < -0.39 is 0 Å². The zero-order chi connectivity index (χ0) is 15.4. The Bertz CT molecular complexity index is 664. The number of guanidine groups is 1. The van der Waals surface area contributed by atoms with Gasteiger partial charge in [-0.3, -0.25) is 4.99 Å². The molecule has 0 atom stereocenters. The van der Waals surface area contributed by atoms with Crippen molar-refractivity contribution in [3.63, 3.8) is 0 Å². The zero-order valence-electron chi connectivity index (χ0n) is 13.3. The van der Waals surface area contributed by atoms with Gasteiger partial charge in [0.15, 0.2) is 5.96 Å². The standard InChI is InChI=1S/C16H22BrN5.HI/c1-18-16(21-13-5-3-2-4-6-13)19-9-14-11-22-10-12(17)7-8-15(22)20-14;/h7-8,10-11,13H,2-6,9H2,1H3,(H2,18,19,21);1H. The molecular formula is C16H23BrIN5. The minimum Gasteiger partial charge on any atom is -0.354 e. The van der Waals surface area contributed by atoms with Gasteiger partial charge < -0.3 is 15.0 Å². The lowest BCUT2D eigenvalue weighted by Gasteiger charge is -2.24. The third-order valence-corrected chi connectivity index (χ3v) is 4.54. The molecule has 2 heterocycles. The van der Waals surface area contributed by atoms with Crippen molar-refractivity contribution >= 4 is 51.5 Å². The van der Waals surface area contributed by atoms with E-state index in [2.05, 4.69) is 36.5 Å². The molecule has 3 rings (SSSR count). The number of imidazole rings is 1. The molecule has 1 saturated carbocycles. The molecule has 0 saturated heterocycles. The van der Waals surface area contributed by atoms with Crippen LogP contribution >= 0.6 is 39.9 Å². The van der Waals surface area contributed by atoms with Gasteiger partial charge in [0, 0.05) is 30.0 Å². The van der Waals surface area contributed by atoms with Crippen LogP contribution in [0.15, 0.2) is 34.0 Å². The van der Waals surface area contributed by atoms with Crippen LogP contribution in [-0.2, 0) is 6.54 Å². The maximum absolute atomic E-state index is 4.60. The monoisotopic (exact) mass is 491 g/mol. The van der Waals surface area contributed by atoms with E-state index in [1.54, 1.807) is 0 Å². The van der Waals surface area contributed by atoms with E-state index in [9.17, 15) is 0 Å². The van der Waals surface area contributed by atoms with Crippen LogP contribution < -0.4 is 10.6 Å². The van der Waals surface area contributed by atoms with Crippen LogP contribution in [0.5, 0.6) is 0 Å². The summed E-state index contributed by atoms with van der Waals surface area (Å²) in [6, 6.07) is 4.56. The minimum absolute atomic E-state index is 0. The van der Waals surface area contributed by atoms with Crippen molar-refractivity contribution in [2.24, 2.45) is 4.99 Å². The third-order valence-electron chi connectivity index (χ3n) is 4.07. The number of aromatic nitrogens is 2. The summed E-state index contributed by atoms with van der Waals surface area (Å²) in [5.41, 5.74) is 1.96. The summed E-state index contributed by atoms with van der Waals surface area (Å²) in [7, 11) is 1.82. The first-order valence-corrected chi connectivity index (χ1v) is 8.64. The van der Waals surface area contributed by atoms with Gasteiger partial charge in [0.2, 0.25) is 0 Å². The molecule has 0 aromatic carbocycles. The highest BCUT2D eigenvalue weighted by Gasteiger charge is 2.14. The number of nitrogens with zero attached hydrogens (tertiary/aromatic N) is 3. The Balaban J connectivity index is 0.00000192. The summed E-state index contributed by atoms with van der Waals surface area (Å²) in [6.45, 7) is 0.672. The van der Waals surface area contributed by atoms with Gasteiger partial charge in [-0.05, 0) is 40.9 Å². The highest BCUT2D eigenvalue weighted by atomic mass is 127. The fourth-order valence-electron chi connectivity index (χ4n) is 2.91. The number of nitrogens with one attached hydrogen (secondary N) is 2. The Hall–Kier alpha value is -0.830. The van der Waals surface area contributed by atoms with Crippen molar-refractivity contribution in [2.75, 3.05) is 7.05 Å². The summed E-state index contributed by atoms with van der Waals surface area (Å²) in [6.07, 6.45) is 10.5. The molecule has 1 aliphatic carbocycles. The van der Waals surface area contributed by atoms with Crippen molar-refractivity contribution in [3.8, 4) is 0 Å². The lowest BCUT2D eigenvalue weighted by molar-refractivity contribution is 0.410. The first-order chi connectivity index (χ1) is 10.7. The molecule has 126 valence electrons. The quantitative estimate of drug-likeness (QED) is 0.391. The zero-order valence-corrected chi connectivity index (χ0v) is 17.2. The summed E-state index contributed by atoms with van der Waals surface area (Å²) in [4.78, 5) is 8.92. The predicted molar refractivity (Wildman–Crippen MR) is 109 cm³/mol. The summed E-state index contributed by atoms with van der Waals surface area (Å²) in [5.74, 6) is 0.866. The van der Waals surface area contributed by atoms with Crippen molar-refractivity contribution < 1.29 is 0 Å². The van der Waals surface area contributed by atoms with E-state index in [1.165, 1.54) is 32.1 Å². The molecule has 5 nitrogen and oxygen atoms in total. The highest BCUT2D eigenvalue weighted by Crippen LogP contribution is 2.17. The summed E-state index contributed by atoms with van der Waals surface area (Å²) < 4.78 is 3.07. The van der Waals surface area contributed by atoms with Gasteiger partial charge in [-0.2, -0.15) is 0 Å². The van der Waals surface area contributed by atoms with E-state index in [0.29, 0.717) is 12.6 Å². The third kappa shape index (κ3) is 5.07. The molecule has 0 bridgehead atoms. The average Bonchev–Trinajstić information content (AvgIpc) is 2.94. The predicted octanol–water partition coefficient (Wildman–Crippen LogP) is 3.71. The van der Waals surface area contributed by atoms with Crippen LogP contribution in [0, 0.1) is 0 Å². The topological polar surface area (TPSA) is 53.7 Å². The van der Waals surface area contributed by atoms with Crippen LogP contribution in [-0.4, -0.2) is 28.4 Å². The second-order valence-electron chi connectivity index (χ2n) is 5.75. The van der Waals surface area contributed by atoms with Gasteiger partial charge in [-0.25, -0.2) is 4.98 Å². The van der Waals surface area contributed by atoms with Gasteiger partial charge >= 0.3 is 0 Å². The van der Waals surface area contributed by atoms with Crippen molar-refractivity contribution in [2.45, 2.75) is 44.7 Å². The number of rotatable bonds is 3. The number of halogens is 2. The van der Waals surface area contributed by atoms with E-state index in [4.69, 9.17) is 0 Å². The second-order valence-corrected chi connectivity index (χ2v) is 6.67. The van der Waals surface area contributed by atoms with Gasteiger partial charge in [0.1, 0.15) is 5.65 Å². The molecule has 1 aliphatic rings. The van der Waals surface area contributed by atoms with Gasteiger partial charge in [0.25, 0.3) is 0 Å². The minimum atomic E-state index is 0. The molecule has 0 aliphatic heterocycles. The molecular weight excluding hydrogens is 469 g/mol. The van der Waals surface area contributed by atoms with Crippen LogP contribution in [0.4, 0.5) is 0 Å². The maximum atomic E-state index is 4.60. The largest absolute Gasteiger partial charge is 0.354 e. The van der Waals surface area contributed by atoms with Crippen LogP contribution in [0.25, 0.3) is 5.65 Å². The number of aliphatic imine (C=N–C) groups is 1. The first-order valence-electron chi connectivity index (χ1n) is 7.85. The van der Waals surface area contributed by atoms with Crippen LogP contribution in [0.1, 0.15) is 37.8 Å². The number of hydrogen-bond donors (Lipinski definition) is 2. The molecule has 2 aromatic rings. The van der Waals surface area contributed by atoms with Crippen molar-refractivity contribution in [3.05, 3.63) is 34.7 Å². The van der Waals surface area contributed by atoms with Crippen LogP contribution in [0.3, 0.4) is 0 Å². The van der Waals surface area contributed by atoms with Gasteiger partial charge in [0.05, 0.1) is 12.2 Å². The lowest BCUT2D eigenvalue weighted by Crippen LogP contribution is -2.43. The maximum Gasteiger partial charge on any atom is 0.191 e. The Morgan fingerprint density at radius 1 is 1.30 bits per heavy atom. The fraction of sp³-hybridized carbons (Fsp3) is 0.500. The van der Waals surface area contributed by atoms with E-state index >= 15 is 0 Å². The number of fused-ring (bicyclic) bond motifs is 1. The van der Waals surface area contributed by atoms with Gasteiger partial charge in [-0.1, -0.05) is 19.3 Å². The molecule has 23 heavy (non-hydrogen) atoms. The normalized spacial score (nSPS) is 16.2. The van der Waals surface area contributed by atoms with E-state index in [-0.39, 0.29) is 24.0 Å². The molecule has 1 fully saturated rings. The number of pyridine rings is 1. The SMILES string of the molecule is CN=C(NCc1cn2cc(Br)ccc2n1)NC1CCCCC1.I. The molecule has 0 spiro atoms. The highest BCUT2D eigenvalue weighted by molar-refractivity contribution is 14.0. The summed E-state index contributed by atoms with van der Waals surface area (Å²) >= 11 is 3.48. The Kier molecular flexibility index (Phi) is 7.13. The number of hydrogen-bond acceptors (Lipinski definition) is 2. The van der Waals surface area contributed by atoms with E-state index in [1.807, 2.05) is 36.0 Å². The Morgan fingerprint density at radius 3 is 2.83 bits per heavy atom. The molecule has 0 unspecified atom stereocenters. The molecule has 0 radical (unpaired) electrons. The van der Waals surface area contributed by atoms with Crippen molar-refractivity contribution in [1.29, 1.82) is 0 Å². The molecule has 2 N–H and O–H groups in total. The fourth-order valence-corrected chi connectivity index (χ4v) is 3.26. The van der Waals surface area contributed by atoms with Gasteiger partial charge in [-0.15, -0.1) is 24.0 Å². The van der Waals surface area contributed by atoms with Crippen molar-refractivity contribution in [1.82, 2.24) is 20.0 Å². The first kappa shape index (κ1) is 18.5. The summed E-state index contributed by atoms with van der Waals surface area (Å²) in [5, 5.41) is 6.88. The smallest absolute Gasteiger partial charge is 0.191 e. The molecule has 2 aromatic heterocycles. The second kappa shape index (κ2) is 8.86. The average molecular weight is 492 g/mol. The lowest BCUT2D eigenvalue weighted by atomic mass is 9.96. The Morgan fingerprint density at radius 2 is 2.09 bits per heavy atom. The van der Waals surface area contributed by atoms with E-state index in [0.717, 1.165) is 21.8 Å². The molecule has 0 amide bonds. The molecule has 7 heteroatoms.